The molecular formula is C17H25ClN4O. The fourth-order valence-electron chi connectivity index (χ4n) is 2.64. The topological polar surface area (TPSA) is 47.9 Å². The van der Waals surface area contributed by atoms with Gasteiger partial charge in [-0.3, -0.25) is 9.79 Å². The molecule has 1 N–H and O–H groups in total. The van der Waals surface area contributed by atoms with Crippen LogP contribution in [0.3, 0.4) is 0 Å². The van der Waals surface area contributed by atoms with E-state index in [0.717, 1.165) is 56.7 Å². The van der Waals surface area contributed by atoms with Crippen molar-refractivity contribution in [3.63, 3.8) is 0 Å². The lowest BCUT2D eigenvalue weighted by Crippen LogP contribution is -2.53. The maximum absolute atomic E-state index is 11.4. The van der Waals surface area contributed by atoms with Crippen LogP contribution in [0.4, 0.5) is 0 Å². The zero-order valence-corrected chi connectivity index (χ0v) is 14.6. The zero-order chi connectivity index (χ0) is 16.7. The molecular weight excluding hydrogens is 312 g/mol. The second-order valence-electron chi connectivity index (χ2n) is 5.61. The summed E-state index contributed by atoms with van der Waals surface area (Å²) < 4.78 is 0. The van der Waals surface area contributed by atoms with Gasteiger partial charge < -0.3 is 15.1 Å². The molecule has 6 heteroatoms. The summed E-state index contributed by atoms with van der Waals surface area (Å²) in [7, 11) is 0. The first-order valence-electron chi connectivity index (χ1n) is 8.13. The molecule has 1 aliphatic rings. The third-order valence-corrected chi connectivity index (χ3v) is 4.15. The number of rotatable bonds is 4. The van der Waals surface area contributed by atoms with Gasteiger partial charge >= 0.3 is 0 Å². The predicted octanol–water partition coefficient (Wildman–Crippen LogP) is 2.01. The van der Waals surface area contributed by atoms with E-state index in [0.29, 0.717) is 0 Å². The van der Waals surface area contributed by atoms with E-state index >= 15 is 0 Å². The van der Waals surface area contributed by atoms with Crippen molar-refractivity contribution in [1.82, 2.24) is 15.1 Å². The lowest BCUT2D eigenvalue weighted by molar-refractivity contribution is -0.130. The number of benzene rings is 1. The molecule has 0 aliphatic carbocycles. The molecule has 0 spiro atoms. The Bertz CT molecular complexity index is 553. The van der Waals surface area contributed by atoms with E-state index in [4.69, 9.17) is 16.6 Å². The Morgan fingerprint density at radius 3 is 2.57 bits per heavy atom. The second kappa shape index (κ2) is 8.77. The standard InChI is InChI=1S/C17H25ClN4O/c1-3-19-17(22-11-9-21(10-12-22)14(2)23)20-8-7-15-5-4-6-16(18)13-15/h4-6,13H,3,7-12H2,1-2H3,(H,19,20). The van der Waals surface area contributed by atoms with E-state index < -0.39 is 0 Å². The summed E-state index contributed by atoms with van der Waals surface area (Å²) in [5.74, 6) is 1.07. The Labute approximate surface area is 143 Å². The van der Waals surface area contributed by atoms with Gasteiger partial charge in [0.15, 0.2) is 5.96 Å². The van der Waals surface area contributed by atoms with Gasteiger partial charge in [0.1, 0.15) is 0 Å². The molecule has 0 aromatic heterocycles. The summed E-state index contributed by atoms with van der Waals surface area (Å²) in [6.45, 7) is 8.41. The molecule has 126 valence electrons. The fraction of sp³-hybridized carbons (Fsp3) is 0.529. The molecule has 0 saturated carbocycles. The average Bonchev–Trinajstić information content (AvgIpc) is 2.54. The van der Waals surface area contributed by atoms with E-state index in [1.54, 1.807) is 6.92 Å². The van der Waals surface area contributed by atoms with Crippen LogP contribution in [0.5, 0.6) is 0 Å². The first-order valence-corrected chi connectivity index (χ1v) is 8.51. The number of nitrogens with one attached hydrogen (secondary N) is 1. The highest BCUT2D eigenvalue weighted by atomic mass is 35.5. The van der Waals surface area contributed by atoms with Gasteiger partial charge in [-0.2, -0.15) is 0 Å². The number of carbonyl (C=O) groups excluding carboxylic acids is 1. The van der Waals surface area contributed by atoms with Crippen LogP contribution < -0.4 is 5.32 Å². The Morgan fingerprint density at radius 2 is 1.96 bits per heavy atom. The third kappa shape index (κ3) is 5.43. The average molecular weight is 337 g/mol. The summed E-state index contributed by atoms with van der Waals surface area (Å²) in [6.07, 6.45) is 0.864. The minimum atomic E-state index is 0.146. The fourth-order valence-corrected chi connectivity index (χ4v) is 2.86. The highest BCUT2D eigenvalue weighted by molar-refractivity contribution is 6.30. The predicted molar refractivity (Wildman–Crippen MR) is 95.0 cm³/mol. The molecule has 0 radical (unpaired) electrons. The van der Waals surface area contributed by atoms with E-state index in [2.05, 4.69) is 23.2 Å². The molecule has 0 unspecified atom stereocenters. The monoisotopic (exact) mass is 336 g/mol. The zero-order valence-electron chi connectivity index (χ0n) is 13.9. The van der Waals surface area contributed by atoms with Crippen molar-refractivity contribution in [2.24, 2.45) is 4.99 Å². The van der Waals surface area contributed by atoms with Crippen LogP contribution in [-0.4, -0.2) is 60.9 Å². The van der Waals surface area contributed by atoms with Crippen molar-refractivity contribution >= 4 is 23.5 Å². The Hall–Kier alpha value is -1.75. The van der Waals surface area contributed by atoms with Crippen LogP contribution in [0.15, 0.2) is 29.3 Å². The number of carbonyl (C=O) groups is 1. The number of halogens is 1. The Kier molecular flexibility index (Phi) is 6.71. The number of hydrogen-bond donors (Lipinski definition) is 1. The molecule has 1 heterocycles. The molecule has 1 aliphatic heterocycles. The lowest BCUT2D eigenvalue weighted by atomic mass is 10.1. The van der Waals surface area contributed by atoms with Crippen molar-refractivity contribution in [1.29, 1.82) is 0 Å². The number of aliphatic imine (C=N–C) groups is 1. The van der Waals surface area contributed by atoms with Crippen LogP contribution in [-0.2, 0) is 11.2 Å². The normalized spacial score (nSPS) is 15.7. The van der Waals surface area contributed by atoms with Gasteiger partial charge in [0.05, 0.1) is 0 Å². The summed E-state index contributed by atoms with van der Waals surface area (Å²) in [5, 5.41) is 4.10. The smallest absolute Gasteiger partial charge is 0.219 e. The summed E-state index contributed by atoms with van der Waals surface area (Å²) in [4.78, 5) is 20.2. The van der Waals surface area contributed by atoms with E-state index in [1.807, 2.05) is 23.1 Å². The van der Waals surface area contributed by atoms with Crippen LogP contribution >= 0.6 is 11.6 Å². The number of piperazine rings is 1. The minimum Gasteiger partial charge on any atom is -0.357 e. The molecule has 1 aromatic rings. The molecule has 2 rings (SSSR count). The first-order chi connectivity index (χ1) is 11.1. The van der Waals surface area contributed by atoms with Crippen molar-refractivity contribution in [2.75, 3.05) is 39.3 Å². The number of nitrogens with zero attached hydrogens (tertiary/aromatic N) is 3. The number of amides is 1. The summed E-state index contributed by atoms with van der Waals surface area (Å²) in [6, 6.07) is 7.90. The van der Waals surface area contributed by atoms with Crippen LogP contribution in [0, 0.1) is 0 Å². The van der Waals surface area contributed by atoms with Crippen molar-refractivity contribution in [3.8, 4) is 0 Å². The molecule has 1 aromatic carbocycles. The lowest BCUT2D eigenvalue weighted by Gasteiger charge is -2.36. The SMILES string of the molecule is CCNC(=NCCc1cccc(Cl)c1)N1CCN(C(C)=O)CC1. The number of hydrogen-bond acceptors (Lipinski definition) is 2. The van der Waals surface area contributed by atoms with Gasteiger partial charge in [0.2, 0.25) is 5.91 Å². The summed E-state index contributed by atoms with van der Waals surface area (Å²) >= 11 is 6.01. The highest BCUT2D eigenvalue weighted by Gasteiger charge is 2.20. The molecule has 23 heavy (non-hydrogen) atoms. The van der Waals surface area contributed by atoms with Gasteiger partial charge in [-0.15, -0.1) is 0 Å². The van der Waals surface area contributed by atoms with Crippen LogP contribution in [0.25, 0.3) is 0 Å². The maximum atomic E-state index is 11.4. The maximum Gasteiger partial charge on any atom is 0.219 e. The first kappa shape index (κ1) is 17.6. The number of guanidine groups is 1. The highest BCUT2D eigenvalue weighted by Crippen LogP contribution is 2.11. The Morgan fingerprint density at radius 1 is 1.26 bits per heavy atom. The van der Waals surface area contributed by atoms with Gasteiger partial charge in [0.25, 0.3) is 0 Å². The van der Waals surface area contributed by atoms with Crippen molar-refractivity contribution in [3.05, 3.63) is 34.9 Å². The van der Waals surface area contributed by atoms with Gasteiger partial charge in [-0.1, -0.05) is 23.7 Å². The largest absolute Gasteiger partial charge is 0.357 e. The molecule has 0 atom stereocenters. The van der Waals surface area contributed by atoms with Crippen molar-refractivity contribution < 1.29 is 4.79 Å². The van der Waals surface area contributed by atoms with Gasteiger partial charge in [-0.25, -0.2) is 0 Å². The van der Waals surface area contributed by atoms with Crippen LogP contribution in [0.2, 0.25) is 5.02 Å². The van der Waals surface area contributed by atoms with Gasteiger partial charge in [-0.05, 0) is 31.0 Å². The van der Waals surface area contributed by atoms with Crippen molar-refractivity contribution in [2.45, 2.75) is 20.3 Å². The van der Waals surface area contributed by atoms with Gasteiger partial charge in [0, 0.05) is 51.2 Å². The summed E-state index contributed by atoms with van der Waals surface area (Å²) in [5.41, 5.74) is 1.19. The van der Waals surface area contributed by atoms with Crippen LogP contribution in [0.1, 0.15) is 19.4 Å². The quantitative estimate of drug-likeness (QED) is 0.676. The Balaban J connectivity index is 1.91. The van der Waals surface area contributed by atoms with E-state index in [9.17, 15) is 4.79 Å². The molecule has 5 nitrogen and oxygen atoms in total. The van der Waals surface area contributed by atoms with E-state index in [-0.39, 0.29) is 5.91 Å². The molecule has 1 fully saturated rings. The third-order valence-electron chi connectivity index (χ3n) is 3.91. The minimum absolute atomic E-state index is 0.146. The second-order valence-corrected chi connectivity index (χ2v) is 6.05. The molecule has 1 amide bonds. The molecule has 0 bridgehead atoms. The molecule has 1 saturated heterocycles. The van der Waals surface area contributed by atoms with E-state index in [1.165, 1.54) is 5.56 Å².